The molecule has 0 amide bonds. The summed E-state index contributed by atoms with van der Waals surface area (Å²) < 4.78 is 34.3. The fourth-order valence-electron chi connectivity index (χ4n) is 6.29. The molecular weight excluding hydrogens is 790 g/mol. The molecule has 0 saturated heterocycles. The van der Waals surface area contributed by atoms with Gasteiger partial charge in [0.2, 0.25) is 0 Å². The standard InChI is InChI=1S/C50H90NO9P/c1-6-8-10-11-12-13-14-15-16-17-18-19-20-21-24-28-31-34-38-42-50(54)60-48(46-59-61(55,56)58-44-43-51(3,4)5)45-57-49(53)41-37-33-30-27-25-22-23-26-29-32-36-40-47(52)39-35-9-7-2/h15-16,22-23,27,29-30,32,36,40,47-48,52H,6-14,17-21,24-26,28,31,33-35,37-39,41-46H2,1-5H3/p+1/b16-15-,23-22-,30-27-,32-29-,40-36+/t47-,48-/m1/s1. The number of carbonyl (C=O) groups excluding carboxylic acids is 2. The van der Waals surface area contributed by atoms with Crippen molar-refractivity contribution in [2.45, 2.75) is 199 Å². The first-order valence-electron chi connectivity index (χ1n) is 24.1. The molecule has 354 valence electrons. The molecule has 2 N–H and O–H groups in total. The largest absolute Gasteiger partial charge is 0.472 e. The smallest absolute Gasteiger partial charge is 0.462 e. The average Bonchev–Trinajstić information content (AvgIpc) is 3.21. The summed E-state index contributed by atoms with van der Waals surface area (Å²) in [5.41, 5.74) is 0. The second-order valence-electron chi connectivity index (χ2n) is 17.3. The summed E-state index contributed by atoms with van der Waals surface area (Å²) in [6.45, 7) is 4.22. The fraction of sp³-hybridized carbons (Fsp3) is 0.760. The van der Waals surface area contributed by atoms with Crippen molar-refractivity contribution in [1.82, 2.24) is 0 Å². The molecule has 3 atom stereocenters. The van der Waals surface area contributed by atoms with Crippen LogP contribution in [0.1, 0.15) is 187 Å². The van der Waals surface area contributed by atoms with Gasteiger partial charge in [-0.1, -0.05) is 171 Å². The van der Waals surface area contributed by atoms with Crippen molar-refractivity contribution < 1.29 is 47.2 Å². The normalized spacial score (nSPS) is 14.5. The highest BCUT2D eigenvalue weighted by Gasteiger charge is 2.27. The van der Waals surface area contributed by atoms with Crippen LogP contribution in [0, 0.1) is 0 Å². The Morgan fingerprint density at radius 1 is 0.590 bits per heavy atom. The summed E-state index contributed by atoms with van der Waals surface area (Å²) >= 11 is 0. The lowest BCUT2D eigenvalue weighted by Crippen LogP contribution is -2.37. The van der Waals surface area contributed by atoms with Crippen LogP contribution in [0.2, 0.25) is 0 Å². The number of rotatable bonds is 43. The first-order chi connectivity index (χ1) is 29.4. The zero-order valence-corrected chi connectivity index (χ0v) is 40.4. The second kappa shape index (κ2) is 41.7. The van der Waals surface area contributed by atoms with E-state index in [-0.39, 0.29) is 32.2 Å². The van der Waals surface area contributed by atoms with Crippen molar-refractivity contribution in [2.75, 3.05) is 47.5 Å². The summed E-state index contributed by atoms with van der Waals surface area (Å²) in [5.74, 6) is -0.893. The minimum Gasteiger partial charge on any atom is -0.462 e. The van der Waals surface area contributed by atoms with Gasteiger partial charge in [0.25, 0.3) is 0 Å². The summed E-state index contributed by atoms with van der Waals surface area (Å²) in [6, 6.07) is 0. The molecule has 10 nitrogen and oxygen atoms in total. The number of aliphatic hydroxyl groups is 1. The van der Waals surface area contributed by atoms with E-state index >= 15 is 0 Å². The minimum absolute atomic E-state index is 0.0133. The van der Waals surface area contributed by atoms with E-state index in [1.807, 2.05) is 51.5 Å². The molecule has 11 heteroatoms. The zero-order valence-electron chi connectivity index (χ0n) is 39.5. The van der Waals surface area contributed by atoms with Crippen LogP contribution in [0.15, 0.2) is 60.8 Å². The number of ether oxygens (including phenoxy) is 2. The Morgan fingerprint density at radius 3 is 1.72 bits per heavy atom. The number of allylic oxidation sites excluding steroid dienone is 9. The van der Waals surface area contributed by atoms with Crippen LogP contribution in [-0.4, -0.2) is 86.1 Å². The topological polar surface area (TPSA) is 129 Å². The van der Waals surface area contributed by atoms with Gasteiger partial charge in [-0.3, -0.25) is 18.6 Å². The van der Waals surface area contributed by atoms with E-state index in [1.165, 1.54) is 83.5 Å². The average molecular weight is 881 g/mol. The highest BCUT2D eigenvalue weighted by atomic mass is 31.2. The lowest BCUT2D eigenvalue weighted by Gasteiger charge is -2.24. The molecule has 0 fully saturated rings. The molecule has 1 unspecified atom stereocenters. The van der Waals surface area contributed by atoms with E-state index < -0.39 is 32.5 Å². The van der Waals surface area contributed by atoms with Crippen LogP contribution in [-0.2, 0) is 32.7 Å². The molecule has 0 spiro atoms. The number of phosphoric ester groups is 1. The monoisotopic (exact) mass is 881 g/mol. The minimum atomic E-state index is -4.40. The van der Waals surface area contributed by atoms with Gasteiger partial charge in [-0.25, -0.2) is 4.57 Å². The Hall–Kier alpha value is -2.33. The molecule has 0 aliphatic rings. The first-order valence-corrected chi connectivity index (χ1v) is 25.6. The number of hydrogen-bond acceptors (Lipinski definition) is 8. The van der Waals surface area contributed by atoms with Crippen LogP contribution in [0.3, 0.4) is 0 Å². The van der Waals surface area contributed by atoms with Crippen molar-refractivity contribution in [3.63, 3.8) is 0 Å². The van der Waals surface area contributed by atoms with Crippen molar-refractivity contribution in [3.8, 4) is 0 Å². The quantitative estimate of drug-likeness (QED) is 0.0154. The number of hydrogen-bond donors (Lipinski definition) is 2. The third-order valence-electron chi connectivity index (χ3n) is 10.1. The Kier molecular flexibility index (Phi) is 40.1. The van der Waals surface area contributed by atoms with Gasteiger partial charge in [-0.15, -0.1) is 0 Å². The van der Waals surface area contributed by atoms with Gasteiger partial charge in [0, 0.05) is 12.8 Å². The van der Waals surface area contributed by atoms with Gasteiger partial charge < -0.3 is 24.0 Å². The van der Waals surface area contributed by atoms with Gasteiger partial charge in [0.05, 0.1) is 33.9 Å². The van der Waals surface area contributed by atoms with Gasteiger partial charge in [0.15, 0.2) is 6.10 Å². The number of aliphatic hydroxyl groups excluding tert-OH is 1. The molecule has 0 heterocycles. The lowest BCUT2D eigenvalue weighted by atomic mass is 10.1. The first kappa shape index (κ1) is 58.7. The van der Waals surface area contributed by atoms with Gasteiger partial charge in [-0.05, 0) is 64.2 Å². The van der Waals surface area contributed by atoms with Crippen LogP contribution in [0.4, 0.5) is 0 Å². The lowest BCUT2D eigenvalue weighted by molar-refractivity contribution is -0.870. The maximum atomic E-state index is 12.7. The van der Waals surface area contributed by atoms with Crippen molar-refractivity contribution >= 4 is 19.8 Å². The molecule has 0 rings (SSSR count). The molecule has 0 aliphatic carbocycles. The van der Waals surface area contributed by atoms with Crippen LogP contribution in [0.5, 0.6) is 0 Å². The van der Waals surface area contributed by atoms with Crippen LogP contribution < -0.4 is 0 Å². The van der Waals surface area contributed by atoms with E-state index in [1.54, 1.807) is 0 Å². The van der Waals surface area contributed by atoms with E-state index in [4.69, 9.17) is 18.5 Å². The number of phosphoric acid groups is 1. The Morgan fingerprint density at radius 2 is 1.10 bits per heavy atom. The van der Waals surface area contributed by atoms with E-state index in [9.17, 15) is 24.2 Å². The Balaban J connectivity index is 4.43. The highest BCUT2D eigenvalue weighted by molar-refractivity contribution is 7.47. The molecule has 0 aromatic carbocycles. The number of carbonyl (C=O) groups is 2. The number of quaternary nitrogens is 1. The Bertz CT molecular complexity index is 1240. The second-order valence-corrected chi connectivity index (χ2v) is 18.8. The van der Waals surface area contributed by atoms with Crippen molar-refractivity contribution in [3.05, 3.63) is 60.8 Å². The van der Waals surface area contributed by atoms with Crippen molar-refractivity contribution in [2.24, 2.45) is 0 Å². The van der Waals surface area contributed by atoms with Crippen molar-refractivity contribution in [1.29, 1.82) is 0 Å². The predicted molar refractivity (Wildman–Crippen MR) is 253 cm³/mol. The van der Waals surface area contributed by atoms with Crippen LogP contribution >= 0.6 is 7.82 Å². The fourth-order valence-corrected chi connectivity index (χ4v) is 7.03. The molecular formula is C50H91NO9P+. The van der Waals surface area contributed by atoms with E-state index in [2.05, 4.69) is 44.2 Å². The molecule has 0 aliphatic heterocycles. The SMILES string of the molecule is CCCCCCCC/C=C\CCCCCCCCCCCC(=O)O[C@H](COC(=O)CCC/C=C\C/C=C\C/C=C\C=C\[C@H](O)CCCCC)COP(=O)(O)OCC[N+](C)(C)C. The summed E-state index contributed by atoms with van der Waals surface area (Å²) in [7, 11) is 1.42. The maximum absolute atomic E-state index is 12.7. The number of unbranched alkanes of at least 4 members (excludes halogenated alkanes) is 18. The number of likely N-dealkylation sites (N-methyl/N-ethyl adjacent to an activating group) is 1. The maximum Gasteiger partial charge on any atom is 0.472 e. The summed E-state index contributed by atoms with van der Waals surface area (Å²) in [4.78, 5) is 35.4. The highest BCUT2D eigenvalue weighted by Crippen LogP contribution is 2.43. The summed E-state index contributed by atoms with van der Waals surface area (Å²) in [5, 5.41) is 9.91. The predicted octanol–water partition coefficient (Wildman–Crippen LogP) is 13.0. The molecule has 0 saturated carbocycles. The molecule has 0 aromatic heterocycles. The Labute approximate surface area is 373 Å². The zero-order chi connectivity index (χ0) is 45.1. The van der Waals surface area contributed by atoms with E-state index in [0.717, 1.165) is 57.8 Å². The summed E-state index contributed by atoms with van der Waals surface area (Å²) in [6.07, 6.45) is 47.4. The molecule has 0 bridgehead atoms. The molecule has 0 aromatic rings. The van der Waals surface area contributed by atoms with E-state index in [0.29, 0.717) is 30.3 Å². The third kappa shape index (κ3) is 45.5. The molecule has 0 radical (unpaired) electrons. The van der Waals surface area contributed by atoms with Gasteiger partial charge >= 0.3 is 19.8 Å². The van der Waals surface area contributed by atoms with Gasteiger partial charge in [0.1, 0.15) is 19.8 Å². The van der Waals surface area contributed by atoms with Crippen LogP contribution in [0.25, 0.3) is 0 Å². The van der Waals surface area contributed by atoms with Gasteiger partial charge in [-0.2, -0.15) is 0 Å². The third-order valence-corrected chi connectivity index (χ3v) is 11.1. The number of esters is 2. The molecule has 61 heavy (non-hydrogen) atoms. The number of nitrogens with zero attached hydrogens (tertiary/aromatic N) is 1.